The van der Waals surface area contributed by atoms with Crippen molar-refractivity contribution in [2.45, 2.75) is 118 Å². The van der Waals surface area contributed by atoms with E-state index < -0.39 is 0 Å². The summed E-state index contributed by atoms with van der Waals surface area (Å²) in [4.78, 5) is 0. The number of hydrogen-bond acceptors (Lipinski definition) is 2. The summed E-state index contributed by atoms with van der Waals surface area (Å²) in [5.41, 5.74) is 4.56. The number of rotatable bonds is 16. The Morgan fingerprint density at radius 2 is 1.91 bits per heavy atom. The molecule has 0 radical (unpaired) electrons. The Labute approximate surface area is 198 Å². The molecule has 0 heterocycles. The number of ether oxygens (including phenoxy) is 2. The summed E-state index contributed by atoms with van der Waals surface area (Å²) in [6.45, 7) is 14.1. The SMILES string of the molecule is C/C=C\O/C(=C\CCC)CCC(C)CC(CC)c1cc(CCC)c(C2CC2)c(OCC)c1. The third-order valence-electron chi connectivity index (χ3n) is 6.61. The number of allylic oxidation sites excluding steroid dienone is 3. The molecule has 0 spiro atoms. The van der Waals surface area contributed by atoms with Gasteiger partial charge >= 0.3 is 0 Å². The lowest BCUT2D eigenvalue weighted by atomic mass is 9.83. The monoisotopic (exact) mass is 440 g/mol. The predicted molar refractivity (Wildman–Crippen MR) is 139 cm³/mol. The summed E-state index contributed by atoms with van der Waals surface area (Å²) < 4.78 is 12.0. The van der Waals surface area contributed by atoms with Crippen molar-refractivity contribution in [2.75, 3.05) is 6.61 Å². The third kappa shape index (κ3) is 8.34. The van der Waals surface area contributed by atoms with Crippen molar-refractivity contribution in [2.24, 2.45) is 5.92 Å². The molecule has 180 valence electrons. The number of benzene rings is 1. The minimum Gasteiger partial charge on any atom is -0.494 e. The summed E-state index contributed by atoms with van der Waals surface area (Å²) in [6.07, 6.45) is 17.9. The molecule has 0 N–H and O–H groups in total. The summed E-state index contributed by atoms with van der Waals surface area (Å²) in [6, 6.07) is 4.92. The van der Waals surface area contributed by atoms with Gasteiger partial charge in [0.15, 0.2) is 0 Å². The van der Waals surface area contributed by atoms with Gasteiger partial charge in [0.1, 0.15) is 5.75 Å². The number of hydrogen-bond donors (Lipinski definition) is 0. The standard InChI is InChI=1S/C30H48O2/c1-7-12-14-28(32-19-9-3)18-15-23(6)20-24(10-4)27-21-26(13-8-2)30(25-16-17-25)29(22-27)31-11-5/h9,14,19,21-25H,7-8,10-13,15-18,20H2,1-6H3/b19-9-,28-14-. The van der Waals surface area contributed by atoms with Crippen LogP contribution in [0.2, 0.25) is 0 Å². The second-order valence-electron chi connectivity index (χ2n) is 9.58. The maximum Gasteiger partial charge on any atom is 0.123 e. The molecule has 0 aliphatic heterocycles. The van der Waals surface area contributed by atoms with Crippen LogP contribution in [-0.4, -0.2) is 6.61 Å². The van der Waals surface area contributed by atoms with Crippen LogP contribution >= 0.6 is 0 Å². The van der Waals surface area contributed by atoms with Gasteiger partial charge in [-0.15, -0.1) is 0 Å². The van der Waals surface area contributed by atoms with Crippen LogP contribution in [0.1, 0.15) is 128 Å². The smallest absolute Gasteiger partial charge is 0.123 e. The molecule has 0 aromatic heterocycles. The minimum atomic E-state index is 0.590. The maximum absolute atomic E-state index is 6.19. The molecule has 1 aromatic carbocycles. The van der Waals surface area contributed by atoms with Crippen molar-refractivity contribution in [1.29, 1.82) is 0 Å². The first-order valence-corrected chi connectivity index (χ1v) is 13.3. The van der Waals surface area contributed by atoms with Gasteiger partial charge in [-0.25, -0.2) is 0 Å². The van der Waals surface area contributed by atoms with Gasteiger partial charge in [-0.2, -0.15) is 0 Å². The lowest BCUT2D eigenvalue weighted by Crippen LogP contribution is -2.08. The molecule has 0 bridgehead atoms. The Hall–Kier alpha value is -1.70. The van der Waals surface area contributed by atoms with E-state index in [1.807, 2.05) is 19.3 Å². The molecule has 1 aromatic rings. The van der Waals surface area contributed by atoms with Crippen molar-refractivity contribution < 1.29 is 9.47 Å². The fourth-order valence-electron chi connectivity index (χ4n) is 4.73. The van der Waals surface area contributed by atoms with Gasteiger partial charge < -0.3 is 9.47 Å². The van der Waals surface area contributed by atoms with Crippen molar-refractivity contribution in [3.05, 3.63) is 53.0 Å². The Balaban J connectivity index is 2.13. The Bertz CT molecular complexity index is 699. The minimum absolute atomic E-state index is 0.590. The fraction of sp³-hybridized carbons (Fsp3) is 0.667. The number of unbranched alkanes of at least 4 members (excludes halogenated alkanes) is 1. The van der Waals surface area contributed by atoms with E-state index in [0.29, 0.717) is 11.8 Å². The third-order valence-corrected chi connectivity index (χ3v) is 6.61. The van der Waals surface area contributed by atoms with Gasteiger partial charge in [0.2, 0.25) is 0 Å². The van der Waals surface area contributed by atoms with Gasteiger partial charge in [-0.05, 0) is 99.8 Å². The zero-order valence-electron chi connectivity index (χ0n) is 21.7. The van der Waals surface area contributed by atoms with Gasteiger partial charge in [0.25, 0.3) is 0 Å². The van der Waals surface area contributed by atoms with E-state index in [-0.39, 0.29) is 0 Å². The highest BCUT2D eigenvalue weighted by Crippen LogP contribution is 2.48. The zero-order chi connectivity index (χ0) is 23.3. The van der Waals surface area contributed by atoms with Gasteiger partial charge in [-0.1, -0.05) is 52.7 Å². The highest BCUT2D eigenvalue weighted by Gasteiger charge is 2.30. The van der Waals surface area contributed by atoms with E-state index >= 15 is 0 Å². The molecule has 2 rings (SSSR count). The molecule has 1 fully saturated rings. The molecular weight excluding hydrogens is 392 g/mol. The summed E-state index contributed by atoms with van der Waals surface area (Å²) in [5.74, 6) is 4.28. The van der Waals surface area contributed by atoms with E-state index in [0.717, 1.165) is 37.5 Å². The zero-order valence-corrected chi connectivity index (χ0v) is 21.7. The van der Waals surface area contributed by atoms with Crippen LogP contribution in [0.15, 0.2) is 36.3 Å². The Kier molecular flexibility index (Phi) is 12.0. The molecule has 1 aliphatic carbocycles. The van der Waals surface area contributed by atoms with Crippen molar-refractivity contribution in [1.82, 2.24) is 0 Å². The van der Waals surface area contributed by atoms with Crippen LogP contribution in [0.5, 0.6) is 5.75 Å². The van der Waals surface area contributed by atoms with Crippen LogP contribution in [0, 0.1) is 5.92 Å². The molecule has 1 aliphatic rings. The highest BCUT2D eigenvalue weighted by molar-refractivity contribution is 5.49. The van der Waals surface area contributed by atoms with Crippen molar-refractivity contribution >= 4 is 0 Å². The molecule has 2 unspecified atom stereocenters. The normalized spacial score (nSPS) is 16.4. The first kappa shape index (κ1) is 26.6. The molecule has 0 amide bonds. The average molecular weight is 441 g/mol. The molecule has 32 heavy (non-hydrogen) atoms. The quantitative estimate of drug-likeness (QED) is 0.238. The second-order valence-corrected chi connectivity index (χ2v) is 9.58. The molecule has 2 heteroatoms. The molecule has 2 nitrogen and oxygen atoms in total. The van der Waals surface area contributed by atoms with Crippen LogP contribution in [-0.2, 0) is 11.2 Å². The van der Waals surface area contributed by atoms with E-state index in [9.17, 15) is 0 Å². The van der Waals surface area contributed by atoms with Crippen molar-refractivity contribution in [3.63, 3.8) is 0 Å². The van der Waals surface area contributed by atoms with Gasteiger partial charge in [0, 0.05) is 12.0 Å². The molecule has 2 atom stereocenters. The highest BCUT2D eigenvalue weighted by atomic mass is 16.5. The molecule has 0 saturated heterocycles. The summed E-state index contributed by atoms with van der Waals surface area (Å²) in [7, 11) is 0. The Morgan fingerprint density at radius 3 is 2.50 bits per heavy atom. The largest absolute Gasteiger partial charge is 0.494 e. The van der Waals surface area contributed by atoms with Crippen LogP contribution in [0.3, 0.4) is 0 Å². The Morgan fingerprint density at radius 1 is 1.12 bits per heavy atom. The van der Waals surface area contributed by atoms with Crippen LogP contribution in [0.25, 0.3) is 0 Å². The van der Waals surface area contributed by atoms with E-state index in [1.165, 1.54) is 61.8 Å². The van der Waals surface area contributed by atoms with Crippen molar-refractivity contribution in [3.8, 4) is 5.75 Å². The second kappa shape index (κ2) is 14.4. The lowest BCUT2D eigenvalue weighted by Gasteiger charge is -2.24. The van der Waals surface area contributed by atoms with E-state index in [2.05, 4.69) is 52.8 Å². The first-order chi connectivity index (χ1) is 15.6. The molecular formula is C30H48O2. The van der Waals surface area contributed by atoms with Gasteiger partial charge in [0.05, 0.1) is 18.6 Å². The topological polar surface area (TPSA) is 18.5 Å². The average Bonchev–Trinajstić information content (AvgIpc) is 3.62. The van der Waals surface area contributed by atoms with E-state index in [4.69, 9.17) is 9.47 Å². The fourth-order valence-corrected chi connectivity index (χ4v) is 4.73. The predicted octanol–water partition coefficient (Wildman–Crippen LogP) is 9.45. The first-order valence-electron chi connectivity index (χ1n) is 13.3. The number of aryl methyl sites for hydroxylation is 1. The maximum atomic E-state index is 6.19. The lowest BCUT2D eigenvalue weighted by molar-refractivity contribution is 0.311. The van der Waals surface area contributed by atoms with Crippen LogP contribution < -0.4 is 4.74 Å². The van der Waals surface area contributed by atoms with Gasteiger partial charge in [-0.3, -0.25) is 0 Å². The molecule has 1 saturated carbocycles. The summed E-state index contributed by atoms with van der Waals surface area (Å²) in [5, 5.41) is 0. The summed E-state index contributed by atoms with van der Waals surface area (Å²) >= 11 is 0. The van der Waals surface area contributed by atoms with E-state index in [1.54, 1.807) is 5.56 Å². The van der Waals surface area contributed by atoms with Crippen LogP contribution in [0.4, 0.5) is 0 Å².